The van der Waals surface area contributed by atoms with Gasteiger partial charge in [-0.3, -0.25) is 9.69 Å². The molecule has 192 valence electrons. The Morgan fingerprint density at radius 1 is 1.29 bits per heavy atom. The van der Waals surface area contributed by atoms with Gasteiger partial charge in [0.1, 0.15) is 19.0 Å². The van der Waals surface area contributed by atoms with Crippen LogP contribution in [0.1, 0.15) is 53.7 Å². The van der Waals surface area contributed by atoms with Crippen LogP contribution in [0.2, 0.25) is 0 Å². The van der Waals surface area contributed by atoms with Crippen molar-refractivity contribution in [3.05, 3.63) is 33.9 Å². The van der Waals surface area contributed by atoms with Crippen LogP contribution in [-0.2, 0) is 27.3 Å². The predicted octanol–water partition coefficient (Wildman–Crippen LogP) is 2.49. The van der Waals surface area contributed by atoms with Gasteiger partial charge in [0, 0.05) is 50.4 Å². The second kappa shape index (κ2) is 12.6. The van der Waals surface area contributed by atoms with E-state index in [1.807, 2.05) is 26.8 Å². The van der Waals surface area contributed by atoms with Crippen LogP contribution < -0.4 is 20.7 Å². The number of methoxy groups -OCH3 is 1. The van der Waals surface area contributed by atoms with Gasteiger partial charge >= 0.3 is 18.0 Å². The Morgan fingerprint density at radius 2 is 2.09 bits per heavy atom. The Bertz CT molecular complexity index is 985. The van der Waals surface area contributed by atoms with Crippen molar-refractivity contribution in [2.45, 2.75) is 46.6 Å². The fraction of sp³-hybridized carbons (Fsp3) is 0.560. The summed E-state index contributed by atoms with van der Waals surface area (Å²) in [5, 5.41) is 8.76. The third kappa shape index (κ3) is 6.73. The average molecular weight is 489 g/mol. The summed E-state index contributed by atoms with van der Waals surface area (Å²) in [6.07, 6.45) is 3.24. The molecule has 35 heavy (non-hydrogen) atoms. The number of carbonyl (C=O) groups excluding carboxylic acids is 3. The number of hydrogen-bond donors (Lipinski definition) is 3. The molecule has 0 radical (unpaired) electrons. The maximum absolute atomic E-state index is 12.5. The zero-order valence-electron chi connectivity index (χ0n) is 21.0. The Labute approximate surface area is 206 Å². The van der Waals surface area contributed by atoms with Crippen molar-refractivity contribution in [3.8, 4) is 5.75 Å². The second-order valence-corrected chi connectivity index (χ2v) is 8.68. The first kappa shape index (κ1) is 26.5. The van der Waals surface area contributed by atoms with Gasteiger partial charge in [0.2, 0.25) is 0 Å². The Balaban J connectivity index is 1.70. The standard InChI is InChI=1S/C25H36N4O6/c1-5-27-25(32)28-22-18(23(33-4)17(3)19-14-35-24(31)21(19)22)8-6-16(2)7-9-20(30)34-13-12-29-11-10-26-15-29/h6,26H,5,7-15H2,1-4H3,(H2,27,28,32)/b16-6+. The molecule has 0 aliphatic carbocycles. The number of benzene rings is 1. The van der Waals surface area contributed by atoms with Gasteiger partial charge in [0.05, 0.1) is 18.4 Å². The molecule has 1 aromatic rings. The molecule has 3 N–H and O–H groups in total. The van der Waals surface area contributed by atoms with E-state index in [-0.39, 0.29) is 19.0 Å². The Hall–Kier alpha value is -3.11. The largest absolute Gasteiger partial charge is 0.496 e. The molecule has 3 rings (SSSR count). The molecule has 0 saturated carbocycles. The van der Waals surface area contributed by atoms with Crippen LogP contribution in [0.3, 0.4) is 0 Å². The highest BCUT2D eigenvalue weighted by Crippen LogP contribution is 2.41. The van der Waals surface area contributed by atoms with Gasteiger partial charge in [-0.25, -0.2) is 9.59 Å². The summed E-state index contributed by atoms with van der Waals surface area (Å²) >= 11 is 0. The van der Waals surface area contributed by atoms with Crippen LogP contribution in [0.4, 0.5) is 10.5 Å². The van der Waals surface area contributed by atoms with Gasteiger partial charge in [0.15, 0.2) is 0 Å². The van der Waals surface area contributed by atoms with Crippen molar-refractivity contribution in [2.75, 3.05) is 51.9 Å². The zero-order chi connectivity index (χ0) is 25.4. The number of fused-ring (bicyclic) bond motifs is 1. The third-order valence-electron chi connectivity index (χ3n) is 6.24. The molecule has 0 atom stereocenters. The van der Waals surface area contributed by atoms with E-state index in [1.54, 1.807) is 7.11 Å². The molecule has 0 spiro atoms. The molecule has 2 heterocycles. The molecule has 1 saturated heterocycles. The number of rotatable bonds is 11. The number of amides is 2. The fourth-order valence-electron chi connectivity index (χ4n) is 4.29. The van der Waals surface area contributed by atoms with Gasteiger partial charge in [-0.1, -0.05) is 11.6 Å². The van der Waals surface area contributed by atoms with Crippen LogP contribution in [0.15, 0.2) is 11.6 Å². The topological polar surface area (TPSA) is 118 Å². The first-order valence-electron chi connectivity index (χ1n) is 12.0. The van der Waals surface area contributed by atoms with E-state index in [1.165, 1.54) is 0 Å². The monoisotopic (exact) mass is 488 g/mol. The summed E-state index contributed by atoms with van der Waals surface area (Å²) in [5.74, 6) is -0.0853. The van der Waals surface area contributed by atoms with Crippen LogP contribution in [0.5, 0.6) is 5.75 Å². The van der Waals surface area contributed by atoms with E-state index in [4.69, 9.17) is 14.2 Å². The molecular weight excluding hydrogens is 452 g/mol. The lowest BCUT2D eigenvalue weighted by molar-refractivity contribution is -0.143. The number of anilines is 1. The second-order valence-electron chi connectivity index (χ2n) is 8.68. The van der Waals surface area contributed by atoms with Crippen molar-refractivity contribution >= 4 is 23.7 Å². The molecule has 0 bridgehead atoms. The van der Waals surface area contributed by atoms with Crippen LogP contribution in [0.25, 0.3) is 0 Å². The van der Waals surface area contributed by atoms with E-state index in [9.17, 15) is 14.4 Å². The molecule has 2 aliphatic heterocycles. The Kier molecular flexibility index (Phi) is 9.50. The summed E-state index contributed by atoms with van der Waals surface area (Å²) in [6.45, 7) is 10.1. The van der Waals surface area contributed by atoms with Crippen molar-refractivity contribution in [3.63, 3.8) is 0 Å². The SMILES string of the molecule is CCNC(=O)Nc1c(C/C=C(\C)CCC(=O)OCCN2CCNC2)c(OC)c(C)c2c1C(=O)OC2. The summed E-state index contributed by atoms with van der Waals surface area (Å²) in [4.78, 5) is 39.2. The van der Waals surface area contributed by atoms with Crippen LogP contribution >= 0.6 is 0 Å². The number of ether oxygens (including phenoxy) is 3. The highest BCUT2D eigenvalue weighted by molar-refractivity contribution is 6.05. The number of allylic oxidation sites excluding steroid dienone is 2. The molecule has 1 fully saturated rings. The van der Waals surface area contributed by atoms with Crippen LogP contribution in [0, 0.1) is 6.92 Å². The van der Waals surface area contributed by atoms with E-state index >= 15 is 0 Å². The molecular formula is C25H36N4O6. The molecule has 10 heteroatoms. The minimum Gasteiger partial charge on any atom is -0.496 e. The third-order valence-corrected chi connectivity index (χ3v) is 6.24. The quantitative estimate of drug-likeness (QED) is 0.321. The van der Waals surface area contributed by atoms with Crippen molar-refractivity contribution in [1.29, 1.82) is 0 Å². The van der Waals surface area contributed by atoms with E-state index in [0.717, 1.165) is 43.0 Å². The van der Waals surface area contributed by atoms with E-state index in [2.05, 4.69) is 20.9 Å². The van der Waals surface area contributed by atoms with Gasteiger partial charge in [-0.05, 0) is 39.2 Å². The molecule has 2 amide bonds. The number of cyclic esters (lactones) is 1. The normalized spacial score (nSPS) is 15.5. The molecule has 10 nitrogen and oxygen atoms in total. The zero-order valence-corrected chi connectivity index (χ0v) is 21.0. The first-order chi connectivity index (χ1) is 16.8. The number of urea groups is 1. The smallest absolute Gasteiger partial charge is 0.341 e. The van der Waals surface area contributed by atoms with Gasteiger partial charge < -0.3 is 30.2 Å². The lowest BCUT2D eigenvalue weighted by atomic mass is 9.93. The predicted molar refractivity (Wildman–Crippen MR) is 132 cm³/mol. The van der Waals surface area contributed by atoms with Gasteiger partial charge in [0.25, 0.3) is 0 Å². The summed E-state index contributed by atoms with van der Waals surface area (Å²) < 4.78 is 16.3. The van der Waals surface area contributed by atoms with Crippen molar-refractivity contribution in [2.24, 2.45) is 0 Å². The van der Waals surface area contributed by atoms with Crippen molar-refractivity contribution in [1.82, 2.24) is 15.5 Å². The van der Waals surface area contributed by atoms with E-state index < -0.39 is 12.0 Å². The first-order valence-corrected chi connectivity index (χ1v) is 12.0. The number of hydrogen-bond acceptors (Lipinski definition) is 8. The maximum Gasteiger partial charge on any atom is 0.341 e. The van der Waals surface area contributed by atoms with E-state index in [0.29, 0.717) is 48.6 Å². The summed E-state index contributed by atoms with van der Waals surface area (Å²) in [5.41, 5.74) is 3.98. The molecule has 0 aromatic heterocycles. The summed E-state index contributed by atoms with van der Waals surface area (Å²) in [6, 6.07) is -0.408. The minimum atomic E-state index is -0.466. The minimum absolute atomic E-state index is 0.145. The lowest BCUT2D eigenvalue weighted by Crippen LogP contribution is -2.29. The highest BCUT2D eigenvalue weighted by atomic mass is 16.5. The number of carbonyl (C=O) groups is 3. The summed E-state index contributed by atoms with van der Waals surface area (Å²) in [7, 11) is 1.57. The maximum atomic E-state index is 12.5. The van der Waals surface area contributed by atoms with Crippen LogP contribution in [-0.4, -0.2) is 69.4 Å². The average Bonchev–Trinajstić information content (AvgIpc) is 3.48. The number of nitrogens with one attached hydrogen (secondary N) is 3. The molecule has 0 unspecified atom stereocenters. The van der Waals surface area contributed by atoms with Gasteiger partial charge in [-0.15, -0.1) is 0 Å². The number of esters is 2. The van der Waals surface area contributed by atoms with Crippen molar-refractivity contribution < 1.29 is 28.6 Å². The number of nitrogens with zero attached hydrogens (tertiary/aromatic N) is 1. The molecule has 2 aliphatic rings. The Morgan fingerprint density at radius 3 is 2.77 bits per heavy atom. The molecule has 1 aromatic carbocycles. The van der Waals surface area contributed by atoms with Gasteiger partial charge in [-0.2, -0.15) is 0 Å². The lowest BCUT2D eigenvalue weighted by Gasteiger charge is -2.20. The highest BCUT2D eigenvalue weighted by Gasteiger charge is 2.32. The fourth-order valence-corrected chi connectivity index (χ4v) is 4.29.